The lowest BCUT2D eigenvalue weighted by atomic mass is 10.3. The van der Waals surface area contributed by atoms with Crippen LogP contribution in [0.25, 0.3) is 0 Å². The zero-order valence-corrected chi connectivity index (χ0v) is 14.7. The van der Waals surface area contributed by atoms with E-state index >= 15 is 0 Å². The topological polar surface area (TPSA) is 61.2 Å². The van der Waals surface area contributed by atoms with Gasteiger partial charge in [-0.15, -0.1) is 0 Å². The molecule has 0 bridgehead atoms. The third kappa shape index (κ3) is 3.97. The van der Waals surface area contributed by atoms with Crippen LogP contribution in [0.15, 0.2) is 44.7 Å². The second-order valence-corrected chi connectivity index (χ2v) is 8.08. The normalized spacial score (nSPS) is 11.6. The Morgan fingerprint density at radius 3 is 2.45 bits per heavy atom. The van der Waals surface area contributed by atoms with Crippen LogP contribution >= 0.6 is 42.5 Å². The van der Waals surface area contributed by atoms with Gasteiger partial charge >= 0.3 is 0 Å². The molecule has 0 aliphatic carbocycles. The molecule has 0 spiro atoms. The molecule has 0 radical (unpaired) electrons. The van der Waals surface area contributed by atoms with E-state index in [0.717, 1.165) is 0 Å². The van der Waals surface area contributed by atoms with E-state index in [1.807, 2.05) is 10.8 Å². The zero-order valence-electron chi connectivity index (χ0n) is 9.96. The first-order valence-corrected chi connectivity index (χ1v) is 9.29. The predicted molar refractivity (Wildman–Crippen MR) is 82.6 cm³/mol. The molecule has 0 saturated carbocycles. The Balaban J connectivity index is 2.12. The number of hydrogen-bond acceptors (Lipinski definition) is 4. The first-order chi connectivity index (χ1) is 9.38. The molecule has 5 nitrogen and oxygen atoms in total. The van der Waals surface area contributed by atoms with Gasteiger partial charge in [-0.3, -0.25) is 0 Å². The number of imidazole rings is 1. The number of ether oxygens (including phenoxy) is 1. The smallest absolute Gasteiger partial charge is 0.261 e. The minimum absolute atomic E-state index is 0.000115. The van der Waals surface area contributed by atoms with Crippen LogP contribution in [-0.4, -0.2) is 24.6 Å². The van der Waals surface area contributed by atoms with Crippen molar-refractivity contribution in [3.63, 3.8) is 0 Å². The molecule has 9 heteroatoms. The molecule has 0 fully saturated rings. The summed E-state index contributed by atoms with van der Waals surface area (Å²) in [4.78, 5) is 3.93. The number of nitrogens with zero attached hydrogens (tertiary/aromatic N) is 2. The van der Waals surface area contributed by atoms with E-state index in [2.05, 4.69) is 36.8 Å². The molecule has 1 aromatic heterocycles. The van der Waals surface area contributed by atoms with Gasteiger partial charge in [0, 0.05) is 23.1 Å². The van der Waals surface area contributed by atoms with Crippen LogP contribution in [0, 0.1) is 0 Å². The third-order valence-corrected chi connectivity index (χ3v) is 4.92. The summed E-state index contributed by atoms with van der Waals surface area (Å²) in [6, 6.07) is 2.80. The van der Waals surface area contributed by atoms with Crippen LogP contribution in [0.3, 0.4) is 0 Å². The molecule has 0 amide bonds. The van der Waals surface area contributed by atoms with Crippen LogP contribution in [-0.2, 0) is 15.6 Å². The molecule has 20 heavy (non-hydrogen) atoms. The van der Waals surface area contributed by atoms with Crippen molar-refractivity contribution in [3.05, 3.63) is 39.8 Å². The summed E-state index contributed by atoms with van der Waals surface area (Å²) < 4.78 is 31.1. The average molecular weight is 445 g/mol. The molecule has 0 aliphatic rings. The van der Waals surface area contributed by atoms with E-state index in [-0.39, 0.29) is 4.90 Å². The highest BCUT2D eigenvalue weighted by molar-refractivity contribution is 9.11. The van der Waals surface area contributed by atoms with Gasteiger partial charge in [0.2, 0.25) is 0 Å². The lowest BCUT2D eigenvalue weighted by Crippen LogP contribution is -2.07. The van der Waals surface area contributed by atoms with Gasteiger partial charge in [0.15, 0.2) is 0 Å². The van der Waals surface area contributed by atoms with Crippen LogP contribution in [0.1, 0.15) is 0 Å². The minimum atomic E-state index is -3.78. The van der Waals surface area contributed by atoms with Gasteiger partial charge in [0.1, 0.15) is 12.4 Å². The molecule has 0 atom stereocenters. The van der Waals surface area contributed by atoms with Gasteiger partial charge < -0.3 is 9.30 Å². The fourth-order valence-corrected chi connectivity index (χ4v) is 3.99. The van der Waals surface area contributed by atoms with Crippen LogP contribution < -0.4 is 4.74 Å². The van der Waals surface area contributed by atoms with E-state index in [1.54, 1.807) is 12.5 Å². The highest BCUT2D eigenvalue weighted by Crippen LogP contribution is 2.36. The molecule has 0 N–H and O–H groups in total. The van der Waals surface area contributed by atoms with Gasteiger partial charge in [0.25, 0.3) is 9.05 Å². The summed E-state index contributed by atoms with van der Waals surface area (Å²) in [6.07, 6.45) is 5.21. The fraction of sp³-hybridized carbons (Fsp3) is 0.182. The molecule has 1 heterocycles. The first-order valence-electron chi connectivity index (χ1n) is 5.40. The number of hydrogen-bond donors (Lipinski definition) is 0. The minimum Gasteiger partial charge on any atom is -0.489 e. The summed E-state index contributed by atoms with van der Waals surface area (Å²) in [5.74, 6) is 0.522. The molecule has 0 aliphatic heterocycles. The maximum atomic E-state index is 11.3. The predicted octanol–water partition coefficient (Wildman–Crippen LogP) is 3.41. The SMILES string of the molecule is O=S(=O)(Cl)c1cc(Br)c(OCCn2ccnc2)c(Br)c1. The Labute approximate surface area is 137 Å². The molecule has 108 valence electrons. The van der Waals surface area contributed by atoms with Crippen LogP contribution in [0.5, 0.6) is 5.75 Å². The van der Waals surface area contributed by atoms with Crippen molar-refractivity contribution in [2.75, 3.05) is 6.61 Å². The number of aromatic nitrogens is 2. The van der Waals surface area contributed by atoms with Crippen molar-refractivity contribution < 1.29 is 13.2 Å². The van der Waals surface area contributed by atoms with Gasteiger partial charge in [-0.1, -0.05) is 0 Å². The Hall–Kier alpha value is -0.570. The number of rotatable bonds is 5. The fourth-order valence-electron chi connectivity index (χ4n) is 1.49. The Morgan fingerprint density at radius 2 is 1.95 bits per heavy atom. The molecular weight excluding hydrogens is 435 g/mol. The Kier molecular flexibility index (Phi) is 5.11. The maximum absolute atomic E-state index is 11.3. The van der Waals surface area contributed by atoms with Gasteiger partial charge in [-0.05, 0) is 44.0 Å². The maximum Gasteiger partial charge on any atom is 0.261 e. The molecular formula is C11H9Br2ClN2O3S. The van der Waals surface area contributed by atoms with E-state index < -0.39 is 9.05 Å². The second kappa shape index (κ2) is 6.46. The van der Waals surface area contributed by atoms with Crippen molar-refractivity contribution in [1.29, 1.82) is 0 Å². The average Bonchev–Trinajstić information content (AvgIpc) is 2.84. The summed E-state index contributed by atoms with van der Waals surface area (Å²) >= 11 is 6.54. The lowest BCUT2D eigenvalue weighted by Gasteiger charge is -2.11. The number of halogens is 3. The number of benzene rings is 1. The van der Waals surface area contributed by atoms with E-state index in [4.69, 9.17) is 15.4 Å². The van der Waals surface area contributed by atoms with Crippen molar-refractivity contribution in [1.82, 2.24) is 9.55 Å². The monoisotopic (exact) mass is 442 g/mol. The van der Waals surface area contributed by atoms with Gasteiger partial charge in [-0.25, -0.2) is 13.4 Å². The standard InChI is InChI=1S/C11H9Br2ClN2O3S/c12-9-5-8(20(14,17)18)6-10(13)11(9)19-4-3-16-2-1-15-7-16/h1-2,5-7H,3-4H2. The summed E-state index contributed by atoms with van der Waals surface area (Å²) in [5.41, 5.74) is 0. The van der Waals surface area contributed by atoms with E-state index in [0.29, 0.717) is 27.8 Å². The summed E-state index contributed by atoms with van der Waals surface area (Å²) in [5, 5.41) is 0. The lowest BCUT2D eigenvalue weighted by molar-refractivity contribution is 0.294. The van der Waals surface area contributed by atoms with Gasteiger partial charge in [0.05, 0.1) is 26.7 Å². The molecule has 2 rings (SSSR count). The zero-order chi connectivity index (χ0) is 14.8. The van der Waals surface area contributed by atoms with E-state index in [9.17, 15) is 8.42 Å². The Morgan fingerprint density at radius 1 is 1.30 bits per heavy atom. The van der Waals surface area contributed by atoms with Gasteiger partial charge in [-0.2, -0.15) is 0 Å². The second-order valence-electron chi connectivity index (χ2n) is 3.80. The van der Waals surface area contributed by atoms with Crippen molar-refractivity contribution >= 4 is 51.6 Å². The Bertz CT molecular complexity index is 681. The van der Waals surface area contributed by atoms with Crippen molar-refractivity contribution in [3.8, 4) is 5.75 Å². The van der Waals surface area contributed by atoms with Crippen molar-refractivity contribution in [2.24, 2.45) is 0 Å². The van der Waals surface area contributed by atoms with Crippen LogP contribution in [0.4, 0.5) is 0 Å². The first kappa shape index (κ1) is 15.8. The summed E-state index contributed by atoms with van der Waals surface area (Å²) in [6.45, 7) is 1.05. The molecule has 0 saturated heterocycles. The third-order valence-electron chi connectivity index (χ3n) is 2.41. The largest absolute Gasteiger partial charge is 0.489 e. The molecule has 2 aromatic rings. The highest BCUT2D eigenvalue weighted by atomic mass is 79.9. The van der Waals surface area contributed by atoms with Crippen LogP contribution in [0.2, 0.25) is 0 Å². The van der Waals surface area contributed by atoms with E-state index in [1.165, 1.54) is 12.1 Å². The summed E-state index contributed by atoms with van der Waals surface area (Å²) in [7, 11) is 1.53. The molecule has 0 unspecified atom stereocenters. The highest BCUT2D eigenvalue weighted by Gasteiger charge is 2.16. The quantitative estimate of drug-likeness (QED) is 0.663. The van der Waals surface area contributed by atoms with Crippen molar-refractivity contribution in [2.45, 2.75) is 11.4 Å². The molecule has 1 aromatic carbocycles.